The number of carbonyl (C=O) groups excluding carboxylic acids is 1. The molecular weight excluding hydrogens is 311 g/mol. The van der Waals surface area contributed by atoms with Crippen molar-refractivity contribution in [1.29, 1.82) is 0 Å². The molecule has 1 aromatic heterocycles. The Kier molecular flexibility index (Phi) is 4.15. The van der Waals surface area contributed by atoms with Crippen molar-refractivity contribution in [2.75, 3.05) is 5.32 Å². The molecule has 0 saturated carbocycles. The zero-order valence-corrected chi connectivity index (χ0v) is 11.6. The fourth-order valence-electron chi connectivity index (χ4n) is 1.44. The molecule has 0 fully saturated rings. The van der Waals surface area contributed by atoms with Crippen molar-refractivity contribution in [3.05, 3.63) is 51.4 Å². The molecule has 20 heavy (non-hydrogen) atoms. The van der Waals surface area contributed by atoms with Crippen molar-refractivity contribution in [3.8, 4) is 0 Å². The highest BCUT2D eigenvalue weighted by molar-refractivity contribution is 6.43. The molecule has 0 spiro atoms. The minimum Gasteiger partial charge on any atom is -0.305 e. The lowest BCUT2D eigenvalue weighted by Gasteiger charge is -2.08. The first-order valence-electron chi connectivity index (χ1n) is 5.33. The number of aryl methyl sites for hydroxylation is 1. The molecular formula is C12H7Cl2F2N3O. The zero-order chi connectivity index (χ0) is 14.9. The van der Waals surface area contributed by atoms with E-state index in [1.807, 2.05) is 0 Å². The largest absolute Gasteiger partial charge is 0.305 e. The Morgan fingerprint density at radius 2 is 1.90 bits per heavy atom. The van der Waals surface area contributed by atoms with Gasteiger partial charge in [0.05, 0.1) is 5.56 Å². The highest BCUT2D eigenvalue weighted by atomic mass is 35.5. The number of anilines is 1. The predicted octanol–water partition coefficient (Wildman–Crippen LogP) is 3.62. The molecule has 2 aromatic rings. The van der Waals surface area contributed by atoms with E-state index in [4.69, 9.17) is 23.2 Å². The molecule has 0 aliphatic carbocycles. The van der Waals surface area contributed by atoms with Gasteiger partial charge < -0.3 is 5.32 Å². The number of hydrogen-bond donors (Lipinski definition) is 1. The van der Waals surface area contributed by atoms with Gasteiger partial charge in [-0.3, -0.25) is 4.79 Å². The smallest absolute Gasteiger partial charge is 0.259 e. The summed E-state index contributed by atoms with van der Waals surface area (Å²) >= 11 is 11.5. The van der Waals surface area contributed by atoms with Crippen LogP contribution in [0.1, 0.15) is 15.9 Å². The van der Waals surface area contributed by atoms with Gasteiger partial charge in [0.25, 0.3) is 5.91 Å². The highest BCUT2D eigenvalue weighted by Gasteiger charge is 2.17. The number of carbonyl (C=O) groups is 1. The van der Waals surface area contributed by atoms with Crippen LogP contribution < -0.4 is 5.32 Å². The molecule has 0 aliphatic rings. The van der Waals surface area contributed by atoms with Crippen molar-refractivity contribution < 1.29 is 13.6 Å². The van der Waals surface area contributed by atoms with E-state index in [1.165, 1.54) is 6.92 Å². The maximum atomic E-state index is 13.6. The summed E-state index contributed by atoms with van der Waals surface area (Å²) in [5.41, 5.74) is -0.182. The molecule has 0 unspecified atom stereocenters. The van der Waals surface area contributed by atoms with Gasteiger partial charge in [-0.15, -0.1) is 0 Å². The third kappa shape index (κ3) is 2.86. The third-order valence-corrected chi connectivity index (χ3v) is 3.21. The summed E-state index contributed by atoms with van der Waals surface area (Å²) in [5.74, 6) is -2.59. The first-order chi connectivity index (χ1) is 9.40. The van der Waals surface area contributed by atoms with E-state index < -0.39 is 17.5 Å². The van der Waals surface area contributed by atoms with E-state index in [-0.39, 0.29) is 27.1 Å². The predicted molar refractivity (Wildman–Crippen MR) is 71.1 cm³/mol. The summed E-state index contributed by atoms with van der Waals surface area (Å²) in [7, 11) is 0. The van der Waals surface area contributed by atoms with Gasteiger partial charge in [-0.05, 0) is 18.6 Å². The average Bonchev–Trinajstić information content (AvgIpc) is 2.39. The zero-order valence-electron chi connectivity index (χ0n) is 10.0. The number of amides is 1. The van der Waals surface area contributed by atoms with Crippen LogP contribution in [-0.2, 0) is 0 Å². The summed E-state index contributed by atoms with van der Waals surface area (Å²) < 4.78 is 26.7. The van der Waals surface area contributed by atoms with E-state index in [2.05, 4.69) is 15.3 Å². The second-order valence-electron chi connectivity index (χ2n) is 3.86. The Labute approximate surface area is 122 Å². The molecule has 0 aliphatic heterocycles. The normalized spacial score (nSPS) is 10.4. The first-order valence-corrected chi connectivity index (χ1v) is 6.08. The molecule has 104 valence electrons. The fraction of sp³-hybridized carbons (Fsp3) is 0.0833. The molecule has 1 amide bonds. The Morgan fingerprint density at radius 1 is 1.20 bits per heavy atom. The van der Waals surface area contributed by atoms with E-state index in [0.29, 0.717) is 6.07 Å². The Bertz CT molecular complexity index is 695. The lowest BCUT2D eigenvalue weighted by molar-refractivity contribution is 0.102. The van der Waals surface area contributed by atoms with Crippen LogP contribution >= 0.6 is 23.2 Å². The van der Waals surface area contributed by atoms with Crippen LogP contribution in [0.2, 0.25) is 10.2 Å². The van der Waals surface area contributed by atoms with Crippen LogP contribution in [-0.4, -0.2) is 15.9 Å². The van der Waals surface area contributed by atoms with Crippen LogP contribution in [0.5, 0.6) is 0 Å². The molecule has 2 rings (SSSR count). The van der Waals surface area contributed by atoms with Gasteiger partial charge in [-0.1, -0.05) is 23.2 Å². The van der Waals surface area contributed by atoms with Gasteiger partial charge in [0, 0.05) is 6.07 Å². The van der Waals surface area contributed by atoms with E-state index >= 15 is 0 Å². The number of benzene rings is 1. The van der Waals surface area contributed by atoms with E-state index in [0.717, 1.165) is 12.4 Å². The number of halogens is 4. The second kappa shape index (κ2) is 5.68. The van der Waals surface area contributed by atoms with Crippen molar-refractivity contribution in [3.63, 3.8) is 0 Å². The minimum absolute atomic E-state index is 0.0484. The number of nitrogens with zero attached hydrogens (tertiary/aromatic N) is 2. The monoisotopic (exact) mass is 317 g/mol. The number of nitrogens with one attached hydrogen (secondary N) is 1. The highest BCUT2D eigenvalue weighted by Crippen LogP contribution is 2.26. The molecule has 4 nitrogen and oxygen atoms in total. The summed E-state index contributed by atoms with van der Waals surface area (Å²) in [6.07, 6.45) is 1.09. The summed E-state index contributed by atoms with van der Waals surface area (Å²) in [6, 6.07) is 1.73. The molecule has 1 N–H and O–H groups in total. The van der Waals surface area contributed by atoms with Crippen LogP contribution in [0.4, 0.5) is 14.6 Å². The SMILES string of the molecule is Cc1cc(C(=O)Nc2ncnc(Cl)c2Cl)c(F)cc1F. The van der Waals surface area contributed by atoms with Gasteiger partial charge in [0.15, 0.2) is 11.0 Å². The summed E-state index contributed by atoms with van der Waals surface area (Å²) in [6.45, 7) is 1.42. The topological polar surface area (TPSA) is 54.9 Å². The lowest BCUT2D eigenvalue weighted by atomic mass is 10.1. The van der Waals surface area contributed by atoms with Crippen molar-refractivity contribution in [1.82, 2.24) is 9.97 Å². The lowest BCUT2D eigenvalue weighted by Crippen LogP contribution is -2.16. The molecule has 1 aromatic carbocycles. The van der Waals surface area contributed by atoms with E-state index in [9.17, 15) is 13.6 Å². The van der Waals surface area contributed by atoms with Crippen molar-refractivity contribution >= 4 is 34.9 Å². The van der Waals surface area contributed by atoms with Crippen LogP contribution in [0.15, 0.2) is 18.5 Å². The van der Waals surface area contributed by atoms with Gasteiger partial charge >= 0.3 is 0 Å². The number of hydrogen-bond acceptors (Lipinski definition) is 3. The van der Waals surface area contributed by atoms with Gasteiger partial charge in [0.2, 0.25) is 0 Å². The van der Waals surface area contributed by atoms with Gasteiger partial charge in [-0.2, -0.15) is 0 Å². The van der Waals surface area contributed by atoms with Crippen LogP contribution in [0.3, 0.4) is 0 Å². The van der Waals surface area contributed by atoms with Crippen LogP contribution in [0.25, 0.3) is 0 Å². The summed E-state index contributed by atoms with van der Waals surface area (Å²) in [4.78, 5) is 19.3. The van der Waals surface area contributed by atoms with Crippen molar-refractivity contribution in [2.24, 2.45) is 0 Å². The first kappa shape index (κ1) is 14.6. The molecule has 0 saturated heterocycles. The standard InChI is InChI=1S/C12H7Cl2F2N3O/c1-5-2-6(8(16)3-7(5)15)12(20)19-11-9(13)10(14)17-4-18-11/h2-4H,1H3,(H,17,18,19,20). The Hall–Kier alpha value is -1.79. The van der Waals surface area contributed by atoms with Gasteiger partial charge in [-0.25, -0.2) is 18.7 Å². The second-order valence-corrected chi connectivity index (χ2v) is 4.60. The maximum absolute atomic E-state index is 13.6. The number of rotatable bonds is 2. The van der Waals surface area contributed by atoms with E-state index in [1.54, 1.807) is 0 Å². The maximum Gasteiger partial charge on any atom is 0.259 e. The molecule has 8 heteroatoms. The fourth-order valence-corrected chi connectivity index (χ4v) is 1.72. The molecule has 0 bridgehead atoms. The Morgan fingerprint density at radius 3 is 2.60 bits per heavy atom. The molecule has 0 atom stereocenters. The van der Waals surface area contributed by atoms with Crippen molar-refractivity contribution in [2.45, 2.75) is 6.92 Å². The minimum atomic E-state index is -0.984. The quantitative estimate of drug-likeness (QED) is 0.861. The van der Waals surface area contributed by atoms with Gasteiger partial charge in [0.1, 0.15) is 23.0 Å². The molecule has 0 radical (unpaired) electrons. The summed E-state index contributed by atoms with van der Waals surface area (Å²) in [5, 5.41) is 2.17. The Balaban J connectivity index is 2.33. The average molecular weight is 318 g/mol. The van der Waals surface area contributed by atoms with Crippen LogP contribution in [0, 0.1) is 18.6 Å². The third-order valence-electron chi connectivity index (χ3n) is 2.47. The number of aromatic nitrogens is 2. The molecule has 1 heterocycles.